The number of nitrogens with zero attached hydrogens (tertiary/aromatic N) is 3. The van der Waals surface area contributed by atoms with Gasteiger partial charge in [0.25, 0.3) is 5.91 Å². The Morgan fingerprint density at radius 3 is 2.76 bits per heavy atom. The Hall–Kier alpha value is -2.70. The van der Waals surface area contributed by atoms with E-state index in [1.807, 2.05) is 13.0 Å². The normalized spacial score (nSPS) is 11.9. The number of carbonyl (C=O) groups excluding carboxylic acids is 1. The molecule has 1 aromatic carbocycles. The van der Waals surface area contributed by atoms with Crippen LogP contribution in [0.3, 0.4) is 0 Å². The maximum atomic E-state index is 12.6. The fourth-order valence-electron chi connectivity index (χ4n) is 1.88. The number of hydrogen-bond donors (Lipinski definition) is 2. The molecule has 0 aliphatic carbocycles. The molecule has 1 aromatic heterocycles. The molecule has 0 aliphatic heterocycles. The van der Waals surface area contributed by atoms with E-state index >= 15 is 0 Å². The van der Waals surface area contributed by atoms with Crippen LogP contribution in [0.15, 0.2) is 30.6 Å². The Bertz CT molecular complexity index is 639. The molecule has 7 nitrogen and oxygen atoms in total. The summed E-state index contributed by atoms with van der Waals surface area (Å²) in [6, 6.07) is 7.10. The molecule has 0 fully saturated rings. The Morgan fingerprint density at radius 2 is 2.19 bits per heavy atom. The molecule has 110 valence electrons. The van der Waals surface area contributed by atoms with Crippen molar-refractivity contribution >= 4 is 17.8 Å². The number of anilines is 1. The van der Waals surface area contributed by atoms with Crippen LogP contribution in [-0.2, 0) is 4.79 Å². The first kappa shape index (κ1) is 14.7. The molecule has 0 radical (unpaired) electrons. The van der Waals surface area contributed by atoms with Crippen molar-refractivity contribution in [2.75, 3.05) is 11.4 Å². The van der Waals surface area contributed by atoms with Crippen LogP contribution in [0.1, 0.15) is 22.8 Å². The monoisotopic (exact) mass is 288 g/mol. The van der Waals surface area contributed by atoms with Gasteiger partial charge < -0.3 is 5.11 Å². The molecule has 0 saturated heterocycles. The van der Waals surface area contributed by atoms with E-state index in [9.17, 15) is 9.59 Å². The molecular weight excluding hydrogens is 272 g/mol. The summed E-state index contributed by atoms with van der Waals surface area (Å²) in [6.07, 6.45) is 1.28. The lowest BCUT2D eigenvalue weighted by atomic mass is 10.1. The molecule has 0 saturated carbocycles. The van der Waals surface area contributed by atoms with Crippen molar-refractivity contribution in [3.63, 3.8) is 0 Å². The van der Waals surface area contributed by atoms with Gasteiger partial charge >= 0.3 is 5.97 Å². The fourth-order valence-corrected chi connectivity index (χ4v) is 1.88. The molecule has 2 N–H and O–H groups in total. The number of aryl methyl sites for hydroxylation is 1. The minimum atomic E-state index is -0.975. The zero-order valence-electron chi connectivity index (χ0n) is 11.8. The molecule has 1 amide bonds. The summed E-state index contributed by atoms with van der Waals surface area (Å²) in [6.45, 7) is 3.43. The van der Waals surface area contributed by atoms with Gasteiger partial charge in [-0.2, -0.15) is 10.1 Å². The van der Waals surface area contributed by atoms with Gasteiger partial charge in [-0.05, 0) is 19.1 Å². The van der Waals surface area contributed by atoms with Crippen molar-refractivity contribution in [3.8, 4) is 0 Å². The van der Waals surface area contributed by atoms with Crippen molar-refractivity contribution in [1.82, 2.24) is 15.2 Å². The second-order valence-electron chi connectivity index (χ2n) is 4.83. The molecule has 1 heterocycles. The van der Waals surface area contributed by atoms with Crippen LogP contribution in [-0.4, -0.2) is 38.7 Å². The summed E-state index contributed by atoms with van der Waals surface area (Å²) in [4.78, 5) is 28.9. The zero-order valence-corrected chi connectivity index (χ0v) is 11.8. The predicted molar refractivity (Wildman–Crippen MR) is 76.0 cm³/mol. The van der Waals surface area contributed by atoms with E-state index < -0.39 is 11.9 Å². The summed E-state index contributed by atoms with van der Waals surface area (Å²) in [5.74, 6) is -1.78. The summed E-state index contributed by atoms with van der Waals surface area (Å²) in [5.41, 5.74) is 1.42. The highest BCUT2D eigenvalue weighted by molar-refractivity contribution is 6.05. The quantitative estimate of drug-likeness (QED) is 0.868. The van der Waals surface area contributed by atoms with Gasteiger partial charge in [-0.1, -0.05) is 24.6 Å². The van der Waals surface area contributed by atoms with Gasteiger partial charge in [-0.25, -0.2) is 5.10 Å². The van der Waals surface area contributed by atoms with Crippen molar-refractivity contribution in [2.24, 2.45) is 5.92 Å². The lowest BCUT2D eigenvalue weighted by molar-refractivity contribution is -0.140. The first-order valence-corrected chi connectivity index (χ1v) is 6.45. The SMILES string of the molecule is Cc1cccc(C(=O)N(CC(C)C(=O)O)c2ncn[nH]2)c1. The first-order chi connectivity index (χ1) is 9.99. The number of carboxylic acids is 1. The Balaban J connectivity index is 2.31. The summed E-state index contributed by atoms with van der Waals surface area (Å²) in [7, 11) is 0. The van der Waals surface area contributed by atoms with Crippen LogP contribution in [0.25, 0.3) is 0 Å². The highest BCUT2D eigenvalue weighted by Crippen LogP contribution is 2.15. The number of carbonyl (C=O) groups is 2. The van der Waals surface area contributed by atoms with Gasteiger partial charge in [0.15, 0.2) is 0 Å². The zero-order chi connectivity index (χ0) is 15.4. The van der Waals surface area contributed by atoms with Crippen LogP contribution >= 0.6 is 0 Å². The number of rotatable bonds is 5. The summed E-state index contributed by atoms with van der Waals surface area (Å²) >= 11 is 0. The highest BCUT2D eigenvalue weighted by Gasteiger charge is 2.25. The largest absolute Gasteiger partial charge is 0.481 e. The average Bonchev–Trinajstić information content (AvgIpc) is 2.97. The summed E-state index contributed by atoms with van der Waals surface area (Å²) < 4.78 is 0. The Labute approximate surface area is 121 Å². The van der Waals surface area contributed by atoms with Gasteiger partial charge in [0.2, 0.25) is 5.95 Å². The van der Waals surface area contributed by atoms with Crippen molar-refractivity contribution in [1.29, 1.82) is 0 Å². The minimum absolute atomic E-state index is 0.0112. The maximum absolute atomic E-state index is 12.6. The first-order valence-electron chi connectivity index (χ1n) is 6.45. The number of carboxylic acid groups (broad SMARTS) is 1. The number of hydrogen-bond acceptors (Lipinski definition) is 4. The van der Waals surface area contributed by atoms with E-state index in [2.05, 4.69) is 15.2 Å². The molecule has 1 atom stereocenters. The number of aliphatic carboxylic acids is 1. The van der Waals surface area contributed by atoms with Crippen LogP contribution in [0.4, 0.5) is 5.95 Å². The van der Waals surface area contributed by atoms with Crippen LogP contribution in [0.2, 0.25) is 0 Å². The number of aromatic nitrogens is 3. The van der Waals surface area contributed by atoms with Gasteiger partial charge in [0, 0.05) is 12.1 Å². The number of benzene rings is 1. The van der Waals surface area contributed by atoms with Crippen molar-refractivity contribution in [3.05, 3.63) is 41.7 Å². The molecule has 0 bridgehead atoms. The highest BCUT2D eigenvalue weighted by atomic mass is 16.4. The van der Waals surface area contributed by atoms with Crippen molar-refractivity contribution < 1.29 is 14.7 Å². The van der Waals surface area contributed by atoms with Gasteiger partial charge in [-0.15, -0.1) is 0 Å². The average molecular weight is 288 g/mol. The van der Waals surface area contributed by atoms with E-state index in [1.165, 1.54) is 18.2 Å². The lowest BCUT2D eigenvalue weighted by Crippen LogP contribution is -2.37. The van der Waals surface area contributed by atoms with E-state index in [0.29, 0.717) is 5.56 Å². The molecule has 2 aromatic rings. The van der Waals surface area contributed by atoms with Crippen LogP contribution in [0, 0.1) is 12.8 Å². The summed E-state index contributed by atoms with van der Waals surface area (Å²) in [5, 5.41) is 15.3. The van der Waals surface area contributed by atoms with E-state index in [4.69, 9.17) is 5.11 Å². The third-order valence-electron chi connectivity index (χ3n) is 3.05. The lowest BCUT2D eigenvalue weighted by Gasteiger charge is -2.21. The fraction of sp³-hybridized carbons (Fsp3) is 0.286. The smallest absolute Gasteiger partial charge is 0.308 e. The van der Waals surface area contributed by atoms with Gasteiger partial charge in [0.1, 0.15) is 6.33 Å². The number of nitrogens with one attached hydrogen (secondary N) is 1. The van der Waals surface area contributed by atoms with Crippen molar-refractivity contribution in [2.45, 2.75) is 13.8 Å². The van der Waals surface area contributed by atoms with Gasteiger partial charge in [-0.3, -0.25) is 14.5 Å². The minimum Gasteiger partial charge on any atom is -0.481 e. The molecule has 21 heavy (non-hydrogen) atoms. The molecule has 2 rings (SSSR count). The molecule has 0 spiro atoms. The van der Waals surface area contributed by atoms with E-state index in [1.54, 1.807) is 18.2 Å². The van der Waals surface area contributed by atoms with E-state index in [-0.39, 0.29) is 18.4 Å². The van der Waals surface area contributed by atoms with Gasteiger partial charge in [0.05, 0.1) is 5.92 Å². The standard InChI is InChI=1S/C14H16N4O3/c1-9-4-3-5-11(6-9)12(19)18(7-10(2)13(20)21)14-15-8-16-17-14/h3-6,8,10H,7H2,1-2H3,(H,20,21)(H,15,16,17). The third-order valence-corrected chi connectivity index (χ3v) is 3.05. The molecule has 7 heteroatoms. The Kier molecular flexibility index (Phi) is 4.32. The van der Waals surface area contributed by atoms with E-state index in [0.717, 1.165) is 5.56 Å². The Morgan fingerprint density at radius 1 is 1.43 bits per heavy atom. The second kappa shape index (κ2) is 6.17. The molecule has 0 aliphatic rings. The van der Waals surface area contributed by atoms with Crippen LogP contribution in [0.5, 0.6) is 0 Å². The molecular formula is C14H16N4O3. The number of H-pyrrole nitrogens is 1. The maximum Gasteiger partial charge on any atom is 0.308 e. The number of amides is 1. The molecule has 1 unspecified atom stereocenters. The topological polar surface area (TPSA) is 99.2 Å². The number of aromatic amines is 1. The predicted octanol–water partition coefficient (Wildman–Crippen LogP) is 1.48. The third kappa shape index (κ3) is 3.44. The van der Waals surface area contributed by atoms with Crippen LogP contribution < -0.4 is 4.90 Å². The second-order valence-corrected chi connectivity index (χ2v) is 4.83.